The summed E-state index contributed by atoms with van der Waals surface area (Å²) in [4.78, 5) is 10.7. The fourth-order valence-electron chi connectivity index (χ4n) is 3.13. The molecule has 2 aromatic carbocycles. The van der Waals surface area contributed by atoms with Gasteiger partial charge in [0.15, 0.2) is 11.6 Å². The van der Waals surface area contributed by atoms with Gasteiger partial charge in [0.05, 0.1) is 13.2 Å². The van der Waals surface area contributed by atoms with Crippen molar-refractivity contribution >= 4 is 5.97 Å². The molecule has 0 fully saturated rings. The van der Waals surface area contributed by atoms with E-state index < -0.39 is 23.7 Å². The van der Waals surface area contributed by atoms with Crippen LogP contribution in [0.4, 0.5) is 8.78 Å². The van der Waals surface area contributed by atoms with Gasteiger partial charge in [-0.2, -0.15) is 0 Å². The van der Waals surface area contributed by atoms with Crippen LogP contribution >= 0.6 is 0 Å². The van der Waals surface area contributed by atoms with Gasteiger partial charge in [0.2, 0.25) is 0 Å². The summed E-state index contributed by atoms with van der Waals surface area (Å²) in [6, 6.07) is 10.1. The number of carboxylic acids is 1. The van der Waals surface area contributed by atoms with Gasteiger partial charge in [-0.25, -0.2) is 8.78 Å². The third-order valence-electron chi connectivity index (χ3n) is 5.07. The van der Waals surface area contributed by atoms with E-state index in [1.165, 1.54) is 6.07 Å². The fraction of sp³-hybridized carbons (Fsp3) is 0.435. The second-order valence-corrected chi connectivity index (χ2v) is 8.00. The largest absolute Gasteiger partial charge is 0.497 e. The molecule has 0 bridgehead atoms. The second kappa shape index (κ2) is 10.5. The lowest BCUT2D eigenvalue weighted by atomic mass is 9.94. The molecular weight excluding hydrogens is 392 g/mol. The van der Waals surface area contributed by atoms with E-state index in [1.54, 1.807) is 7.11 Å². The first-order valence-electron chi connectivity index (χ1n) is 9.87. The van der Waals surface area contributed by atoms with Gasteiger partial charge >= 0.3 is 5.97 Å². The van der Waals surface area contributed by atoms with Crippen molar-refractivity contribution < 1.29 is 28.5 Å². The van der Waals surface area contributed by atoms with Crippen LogP contribution in [0, 0.1) is 11.6 Å². The van der Waals surface area contributed by atoms with Crippen LogP contribution in [-0.4, -0.2) is 35.4 Å². The lowest BCUT2D eigenvalue weighted by Crippen LogP contribution is -2.42. The van der Waals surface area contributed by atoms with Gasteiger partial charge in [0.1, 0.15) is 5.75 Å². The summed E-state index contributed by atoms with van der Waals surface area (Å²) in [6.45, 7) is 3.99. The van der Waals surface area contributed by atoms with Crippen LogP contribution in [0.5, 0.6) is 5.75 Å². The number of carboxylic acid groups (broad SMARTS) is 1. The highest BCUT2D eigenvalue weighted by atomic mass is 19.2. The molecule has 30 heavy (non-hydrogen) atoms. The number of aliphatic hydroxyl groups excluding tert-OH is 1. The maximum Gasteiger partial charge on any atom is 0.303 e. The molecule has 164 valence electrons. The molecule has 5 nitrogen and oxygen atoms in total. The van der Waals surface area contributed by atoms with E-state index in [0.717, 1.165) is 30.2 Å². The Kier molecular flexibility index (Phi) is 8.32. The zero-order valence-electron chi connectivity index (χ0n) is 17.5. The first kappa shape index (κ1) is 23.8. The molecule has 3 N–H and O–H groups in total. The van der Waals surface area contributed by atoms with Gasteiger partial charge in [-0.3, -0.25) is 4.79 Å². The van der Waals surface area contributed by atoms with Gasteiger partial charge in [0.25, 0.3) is 0 Å². The standard InChI is InChI=1S/C23H29F2NO4/c1-23(2,11-10-15-4-7-17(30-3)8-5-15)26-14-20(27)18-12-16(6-9-21(28)29)13-19(24)22(18)25/h4-5,7-8,12-13,20,26-27H,6,9-11,14H2,1-3H3,(H,28,29)/t20-/m1/s1. The number of methoxy groups -OCH3 is 1. The minimum atomic E-state index is -1.26. The lowest BCUT2D eigenvalue weighted by molar-refractivity contribution is -0.136. The highest BCUT2D eigenvalue weighted by Gasteiger charge is 2.22. The third kappa shape index (κ3) is 7.07. The highest BCUT2D eigenvalue weighted by molar-refractivity contribution is 5.67. The molecule has 0 unspecified atom stereocenters. The van der Waals surface area contributed by atoms with Gasteiger partial charge in [-0.1, -0.05) is 12.1 Å². The predicted molar refractivity (Wildman–Crippen MR) is 111 cm³/mol. The molecule has 0 aliphatic rings. The van der Waals surface area contributed by atoms with Crippen molar-refractivity contribution in [1.29, 1.82) is 0 Å². The summed E-state index contributed by atoms with van der Waals surface area (Å²) in [6.07, 6.45) is 0.170. The van der Waals surface area contributed by atoms with E-state index in [1.807, 2.05) is 38.1 Å². The molecule has 2 rings (SSSR count). The van der Waals surface area contributed by atoms with Crippen molar-refractivity contribution in [2.45, 2.75) is 51.2 Å². The number of aliphatic hydroxyl groups is 1. The number of halogens is 2. The van der Waals surface area contributed by atoms with Crippen molar-refractivity contribution in [2.75, 3.05) is 13.7 Å². The molecule has 0 aliphatic carbocycles. The summed E-state index contributed by atoms with van der Waals surface area (Å²) < 4.78 is 33.2. The van der Waals surface area contributed by atoms with Crippen LogP contribution in [0.3, 0.4) is 0 Å². The highest BCUT2D eigenvalue weighted by Crippen LogP contribution is 2.24. The Morgan fingerprint density at radius 3 is 2.40 bits per heavy atom. The fourth-order valence-corrected chi connectivity index (χ4v) is 3.13. The van der Waals surface area contributed by atoms with E-state index in [4.69, 9.17) is 9.84 Å². The molecule has 0 heterocycles. The number of hydrogen-bond donors (Lipinski definition) is 3. The molecular formula is C23H29F2NO4. The smallest absolute Gasteiger partial charge is 0.303 e. The number of β-amino-alcohol motifs (C(OH)–C–C–N with tert-alkyl or cyclic N) is 1. The number of aliphatic carboxylic acids is 1. The van der Waals surface area contributed by atoms with Crippen LogP contribution in [0.2, 0.25) is 0 Å². The molecule has 0 aliphatic heterocycles. The summed E-state index contributed by atoms with van der Waals surface area (Å²) in [5.41, 5.74) is 0.958. The van der Waals surface area contributed by atoms with Crippen LogP contribution in [-0.2, 0) is 17.6 Å². The molecule has 0 amide bonds. The SMILES string of the molecule is COc1ccc(CCC(C)(C)NC[C@@H](O)c2cc(CCC(=O)O)cc(F)c2F)cc1. The molecule has 0 radical (unpaired) electrons. The maximum absolute atomic E-state index is 14.2. The summed E-state index contributed by atoms with van der Waals surface area (Å²) in [5.74, 6) is -2.44. The van der Waals surface area contributed by atoms with E-state index in [9.17, 15) is 18.7 Å². The van der Waals surface area contributed by atoms with Gasteiger partial charge in [-0.05, 0) is 68.5 Å². The van der Waals surface area contributed by atoms with Gasteiger partial charge < -0.3 is 20.3 Å². The quantitative estimate of drug-likeness (QED) is 0.511. The molecule has 0 saturated carbocycles. The van der Waals surface area contributed by atoms with E-state index in [2.05, 4.69) is 5.32 Å². The molecule has 0 saturated heterocycles. The Bertz CT molecular complexity index is 853. The van der Waals surface area contributed by atoms with E-state index in [-0.39, 0.29) is 30.5 Å². The van der Waals surface area contributed by atoms with Crippen molar-refractivity contribution in [3.05, 3.63) is 64.7 Å². The van der Waals surface area contributed by atoms with Gasteiger partial charge in [0, 0.05) is 24.1 Å². The van der Waals surface area contributed by atoms with Crippen LogP contribution in [0.25, 0.3) is 0 Å². The van der Waals surface area contributed by atoms with Crippen LogP contribution in [0.1, 0.15) is 49.5 Å². The minimum absolute atomic E-state index is 0.0361. The van der Waals surface area contributed by atoms with E-state index >= 15 is 0 Å². The van der Waals surface area contributed by atoms with Crippen molar-refractivity contribution in [2.24, 2.45) is 0 Å². The first-order chi connectivity index (χ1) is 14.1. The molecule has 7 heteroatoms. The topological polar surface area (TPSA) is 78.8 Å². The number of aryl methyl sites for hydroxylation is 2. The Balaban J connectivity index is 1.97. The van der Waals surface area contributed by atoms with Crippen molar-refractivity contribution in [3.63, 3.8) is 0 Å². The normalized spacial score (nSPS) is 12.6. The molecule has 0 aromatic heterocycles. The number of carbonyl (C=O) groups is 1. The summed E-state index contributed by atoms with van der Waals surface area (Å²) in [7, 11) is 1.61. The van der Waals surface area contributed by atoms with Gasteiger partial charge in [-0.15, -0.1) is 0 Å². The summed E-state index contributed by atoms with van der Waals surface area (Å²) in [5, 5.41) is 22.4. The molecule has 0 spiro atoms. The summed E-state index contributed by atoms with van der Waals surface area (Å²) >= 11 is 0. The first-order valence-corrected chi connectivity index (χ1v) is 9.87. The average molecular weight is 421 g/mol. The van der Waals surface area contributed by atoms with Crippen LogP contribution < -0.4 is 10.1 Å². The predicted octanol–water partition coefficient (Wildman–Crippen LogP) is 4.03. The van der Waals surface area contributed by atoms with Crippen molar-refractivity contribution in [3.8, 4) is 5.75 Å². The Morgan fingerprint density at radius 1 is 1.13 bits per heavy atom. The van der Waals surface area contributed by atoms with Crippen LogP contribution in [0.15, 0.2) is 36.4 Å². The van der Waals surface area contributed by atoms with Crippen molar-refractivity contribution in [1.82, 2.24) is 5.32 Å². The zero-order valence-corrected chi connectivity index (χ0v) is 17.5. The lowest BCUT2D eigenvalue weighted by Gasteiger charge is -2.28. The van der Waals surface area contributed by atoms with E-state index in [0.29, 0.717) is 5.56 Å². The molecule has 1 atom stereocenters. The second-order valence-electron chi connectivity index (χ2n) is 8.00. The Hall–Kier alpha value is -2.51. The average Bonchev–Trinajstić information content (AvgIpc) is 2.71. The number of hydrogen-bond acceptors (Lipinski definition) is 4. The monoisotopic (exact) mass is 421 g/mol. The maximum atomic E-state index is 14.2. The Labute approximate surface area is 175 Å². The number of benzene rings is 2. The number of rotatable bonds is 11. The third-order valence-corrected chi connectivity index (χ3v) is 5.07. The molecule has 2 aromatic rings. The zero-order chi connectivity index (χ0) is 22.3. The number of ether oxygens (including phenoxy) is 1. The Morgan fingerprint density at radius 2 is 1.80 bits per heavy atom. The minimum Gasteiger partial charge on any atom is -0.497 e. The number of nitrogens with one attached hydrogen (secondary N) is 1.